The molecule has 0 aliphatic carbocycles. The largest absolute Gasteiger partial charge is 0.573 e. The molecule has 0 unspecified atom stereocenters. The Balaban J connectivity index is 2.63. The van der Waals surface area contributed by atoms with Crippen LogP contribution in [0, 0.1) is 3.57 Å². The van der Waals surface area contributed by atoms with Crippen LogP contribution in [0.1, 0.15) is 5.56 Å². The molecule has 22 heavy (non-hydrogen) atoms. The molecule has 0 N–H and O–H groups in total. The molecule has 0 saturated carbocycles. The highest BCUT2D eigenvalue weighted by atomic mass is 127. The first-order chi connectivity index (χ1) is 10.1. The minimum Gasteiger partial charge on any atom is -0.405 e. The van der Waals surface area contributed by atoms with Crippen molar-refractivity contribution in [3.05, 3.63) is 51.6 Å². The average Bonchev–Trinajstić information content (AvgIpc) is 2.37. The van der Waals surface area contributed by atoms with Gasteiger partial charge in [0, 0.05) is 9.13 Å². The summed E-state index contributed by atoms with van der Waals surface area (Å²) in [7, 11) is 0. The maximum Gasteiger partial charge on any atom is 0.573 e. The number of hydrogen-bond donors (Lipinski definition) is 0. The van der Waals surface area contributed by atoms with Gasteiger partial charge in [0.2, 0.25) is 0 Å². The van der Waals surface area contributed by atoms with E-state index in [2.05, 4.69) is 4.74 Å². The molecule has 118 valence electrons. The van der Waals surface area contributed by atoms with Gasteiger partial charge in [-0.15, -0.1) is 13.2 Å². The lowest BCUT2D eigenvalue weighted by atomic mass is 9.98. The fourth-order valence-corrected chi connectivity index (χ4v) is 2.38. The first-order valence-electron chi connectivity index (χ1n) is 5.80. The Labute approximate surface area is 135 Å². The van der Waals surface area contributed by atoms with Crippen molar-refractivity contribution in [2.24, 2.45) is 0 Å². The van der Waals surface area contributed by atoms with Crippen molar-refractivity contribution in [1.82, 2.24) is 0 Å². The maximum absolute atomic E-state index is 13.1. The van der Waals surface area contributed by atoms with Gasteiger partial charge >= 0.3 is 12.5 Å². The quantitative estimate of drug-likeness (QED) is 0.426. The number of alkyl halides is 6. The average molecular weight is 432 g/mol. The van der Waals surface area contributed by atoms with Gasteiger partial charge in [0.1, 0.15) is 5.75 Å². The molecule has 2 aromatic carbocycles. The molecule has 0 fully saturated rings. The monoisotopic (exact) mass is 432 g/mol. The predicted octanol–water partition coefficient (Wildman–Crippen LogP) is 5.88. The topological polar surface area (TPSA) is 9.23 Å². The van der Waals surface area contributed by atoms with E-state index >= 15 is 0 Å². The lowest BCUT2D eigenvalue weighted by Crippen LogP contribution is -2.18. The maximum atomic E-state index is 13.1. The van der Waals surface area contributed by atoms with Crippen molar-refractivity contribution in [2.45, 2.75) is 12.5 Å². The smallest absolute Gasteiger partial charge is 0.405 e. The Hall–Kier alpha value is -1.45. The van der Waals surface area contributed by atoms with Crippen LogP contribution in [-0.2, 0) is 6.18 Å². The Morgan fingerprint density at radius 1 is 0.818 bits per heavy atom. The molecule has 0 saturated heterocycles. The van der Waals surface area contributed by atoms with E-state index in [1.807, 2.05) is 0 Å². The van der Waals surface area contributed by atoms with Crippen LogP contribution in [0.4, 0.5) is 26.3 Å². The Morgan fingerprint density at radius 3 is 2.05 bits per heavy atom. The van der Waals surface area contributed by atoms with Crippen molar-refractivity contribution >= 4 is 22.6 Å². The lowest BCUT2D eigenvalue weighted by Gasteiger charge is -2.17. The summed E-state index contributed by atoms with van der Waals surface area (Å²) >= 11 is 1.70. The molecule has 2 aromatic rings. The van der Waals surface area contributed by atoms with Crippen LogP contribution in [0.2, 0.25) is 0 Å². The van der Waals surface area contributed by atoms with Crippen LogP contribution in [0.15, 0.2) is 42.5 Å². The van der Waals surface area contributed by atoms with Crippen LogP contribution in [0.5, 0.6) is 5.75 Å². The molecule has 0 aromatic heterocycles. The van der Waals surface area contributed by atoms with Gasteiger partial charge in [0.25, 0.3) is 0 Å². The van der Waals surface area contributed by atoms with E-state index in [-0.39, 0.29) is 11.1 Å². The predicted molar refractivity (Wildman–Crippen MR) is 76.3 cm³/mol. The van der Waals surface area contributed by atoms with Gasteiger partial charge in [-0.05, 0) is 46.4 Å². The summed E-state index contributed by atoms with van der Waals surface area (Å²) in [5.41, 5.74) is -1.66. The highest BCUT2D eigenvalue weighted by molar-refractivity contribution is 14.1. The summed E-state index contributed by atoms with van der Waals surface area (Å²) < 4.78 is 80.7. The second kappa shape index (κ2) is 5.98. The van der Waals surface area contributed by atoms with E-state index in [4.69, 9.17) is 0 Å². The zero-order valence-electron chi connectivity index (χ0n) is 10.6. The molecular weight excluding hydrogens is 425 g/mol. The van der Waals surface area contributed by atoms with Gasteiger partial charge in [0.15, 0.2) is 0 Å². The number of rotatable bonds is 2. The lowest BCUT2D eigenvalue weighted by molar-refractivity contribution is -0.274. The minimum absolute atomic E-state index is 0.274. The molecule has 2 rings (SSSR count). The molecule has 0 bridgehead atoms. The van der Waals surface area contributed by atoms with E-state index in [1.165, 1.54) is 18.2 Å². The first kappa shape index (κ1) is 16.9. The van der Waals surface area contributed by atoms with Crippen LogP contribution in [0.25, 0.3) is 11.1 Å². The van der Waals surface area contributed by atoms with Gasteiger partial charge in [-0.1, -0.05) is 24.3 Å². The third kappa shape index (κ3) is 4.05. The molecule has 8 heteroatoms. The van der Waals surface area contributed by atoms with Crippen LogP contribution >= 0.6 is 22.6 Å². The van der Waals surface area contributed by atoms with Crippen LogP contribution in [-0.4, -0.2) is 6.36 Å². The van der Waals surface area contributed by atoms with Gasteiger partial charge in [0.05, 0.1) is 5.56 Å². The summed E-state index contributed by atoms with van der Waals surface area (Å²) in [6.07, 6.45) is -9.68. The number of para-hydroxylation sites is 1. The van der Waals surface area contributed by atoms with Gasteiger partial charge < -0.3 is 4.74 Å². The molecule has 1 nitrogen and oxygen atoms in total. The summed E-state index contributed by atoms with van der Waals surface area (Å²) in [5.74, 6) is -0.679. The number of ether oxygens (including phenoxy) is 1. The van der Waals surface area contributed by atoms with Crippen molar-refractivity contribution in [3.63, 3.8) is 0 Å². The normalized spacial score (nSPS) is 12.3. The van der Waals surface area contributed by atoms with Gasteiger partial charge in [-0.25, -0.2) is 0 Å². The van der Waals surface area contributed by atoms with Gasteiger partial charge in [-0.3, -0.25) is 0 Å². The highest BCUT2D eigenvalue weighted by Gasteiger charge is 2.36. The third-order valence-corrected chi connectivity index (χ3v) is 3.36. The standard InChI is InChI=1S/C14H7F6IO/c15-13(16,17)11-7-8(21)5-6-9(11)10-3-1-2-4-12(10)22-14(18,19)20/h1-7H. The Kier molecular flexibility index (Phi) is 4.59. The summed E-state index contributed by atoms with van der Waals surface area (Å²) in [5, 5.41) is 0. The number of hydrogen-bond acceptors (Lipinski definition) is 1. The molecule has 0 aliphatic heterocycles. The highest BCUT2D eigenvalue weighted by Crippen LogP contribution is 2.42. The summed E-state index contributed by atoms with van der Waals surface area (Å²) in [4.78, 5) is 0. The van der Waals surface area contributed by atoms with Crippen LogP contribution < -0.4 is 4.74 Å². The van der Waals surface area contributed by atoms with E-state index in [9.17, 15) is 26.3 Å². The van der Waals surface area contributed by atoms with E-state index in [1.54, 1.807) is 22.6 Å². The zero-order chi connectivity index (χ0) is 16.5. The second-order valence-corrected chi connectivity index (χ2v) is 5.48. The SMILES string of the molecule is FC(F)(F)Oc1ccccc1-c1ccc(I)cc1C(F)(F)F. The Morgan fingerprint density at radius 2 is 1.45 bits per heavy atom. The van der Waals surface area contributed by atoms with Gasteiger partial charge in [-0.2, -0.15) is 13.2 Å². The van der Waals surface area contributed by atoms with Crippen molar-refractivity contribution in [2.75, 3.05) is 0 Å². The molecule has 0 heterocycles. The summed E-state index contributed by atoms with van der Waals surface area (Å²) in [6, 6.07) is 8.11. The van der Waals surface area contributed by atoms with Crippen molar-refractivity contribution in [1.29, 1.82) is 0 Å². The number of halogens is 7. The van der Waals surface area contributed by atoms with E-state index in [0.717, 1.165) is 24.3 Å². The van der Waals surface area contributed by atoms with Crippen molar-refractivity contribution < 1.29 is 31.1 Å². The fraction of sp³-hybridized carbons (Fsp3) is 0.143. The molecular formula is C14H7F6IO. The molecule has 0 amide bonds. The second-order valence-electron chi connectivity index (χ2n) is 4.23. The summed E-state index contributed by atoms with van der Waals surface area (Å²) in [6.45, 7) is 0. The minimum atomic E-state index is -4.99. The molecule has 0 spiro atoms. The molecule has 0 atom stereocenters. The fourth-order valence-electron chi connectivity index (χ4n) is 1.89. The van der Waals surface area contributed by atoms with Crippen molar-refractivity contribution in [3.8, 4) is 16.9 Å². The first-order valence-corrected chi connectivity index (χ1v) is 6.88. The molecule has 0 radical (unpaired) electrons. The number of benzene rings is 2. The Bertz CT molecular complexity index is 678. The van der Waals surface area contributed by atoms with E-state index < -0.39 is 23.9 Å². The third-order valence-electron chi connectivity index (χ3n) is 2.69. The zero-order valence-corrected chi connectivity index (χ0v) is 12.8. The van der Waals surface area contributed by atoms with E-state index in [0.29, 0.717) is 3.57 Å². The van der Waals surface area contributed by atoms with Crippen LogP contribution in [0.3, 0.4) is 0 Å². The molecule has 0 aliphatic rings.